The minimum absolute atomic E-state index is 0.0753. The summed E-state index contributed by atoms with van der Waals surface area (Å²) in [5, 5.41) is 12.2. The molecule has 0 fully saturated rings. The summed E-state index contributed by atoms with van der Waals surface area (Å²) in [7, 11) is -7.68. The van der Waals surface area contributed by atoms with E-state index in [9.17, 15) is 21.6 Å². The van der Waals surface area contributed by atoms with E-state index < -0.39 is 38.1 Å². The third-order valence-electron chi connectivity index (χ3n) is 6.02. The van der Waals surface area contributed by atoms with E-state index >= 15 is 0 Å². The summed E-state index contributed by atoms with van der Waals surface area (Å²) in [5.74, 6) is -0.452. The number of amides is 1. The van der Waals surface area contributed by atoms with Gasteiger partial charge < -0.3 is 15.6 Å². The molecule has 0 radical (unpaired) electrons. The Hall–Kier alpha value is -4.35. The molecule has 0 bridgehead atoms. The zero-order chi connectivity index (χ0) is 28.7. The Morgan fingerprint density at radius 2 is 1.82 bits per heavy atom. The van der Waals surface area contributed by atoms with Crippen molar-refractivity contribution < 1.29 is 31.0 Å². The molecule has 208 valence electrons. The van der Waals surface area contributed by atoms with Crippen LogP contribution in [0.5, 0.6) is 0 Å². The Bertz CT molecular complexity index is 1870. The van der Waals surface area contributed by atoms with Crippen LogP contribution in [0.4, 0.5) is 11.6 Å². The number of benzene rings is 2. The average molecular weight is 586 g/mol. The van der Waals surface area contributed by atoms with Crippen molar-refractivity contribution in [3.63, 3.8) is 0 Å². The van der Waals surface area contributed by atoms with Crippen molar-refractivity contribution >= 4 is 54.3 Å². The molecule has 1 unspecified atom stereocenters. The Kier molecular flexibility index (Phi) is 6.80. The average Bonchev–Trinajstić information content (AvgIpc) is 3.52. The summed E-state index contributed by atoms with van der Waals surface area (Å²) in [6.07, 6.45) is 3.75. The van der Waals surface area contributed by atoms with Crippen molar-refractivity contribution in [1.29, 1.82) is 0 Å². The van der Waals surface area contributed by atoms with Gasteiger partial charge >= 0.3 is 0 Å². The van der Waals surface area contributed by atoms with E-state index in [1.165, 1.54) is 24.4 Å². The van der Waals surface area contributed by atoms with Crippen LogP contribution < -0.4 is 26.4 Å². The van der Waals surface area contributed by atoms with Gasteiger partial charge in [-0.3, -0.25) is 15.1 Å². The van der Waals surface area contributed by atoms with Crippen molar-refractivity contribution in [3.8, 4) is 11.1 Å². The molecule has 5 rings (SSSR count). The van der Waals surface area contributed by atoms with Gasteiger partial charge in [0.1, 0.15) is 5.82 Å². The summed E-state index contributed by atoms with van der Waals surface area (Å²) in [5.41, 5.74) is 8.90. The van der Waals surface area contributed by atoms with Crippen LogP contribution in [0, 0.1) is 0 Å². The van der Waals surface area contributed by atoms with Crippen molar-refractivity contribution in [3.05, 3.63) is 72.4 Å². The number of pyridine rings is 1. The van der Waals surface area contributed by atoms with E-state index in [-0.39, 0.29) is 16.5 Å². The number of fused-ring (bicyclic) bond motifs is 1. The molecular formula is C24H23N7O7S2. The van der Waals surface area contributed by atoms with Gasteiger partial charge in [-0.25, -0.2) is 31.7 Å². The SMILES string of the molecule is CS(=O)(=O)NCC1(C(=O)Nc2ccc(-c3ccccc3S(N)(=O)=O)cn2)C=C(c2ccc3onc(N)c3c2)NO1. The minimum Gasteiger partial charge on any atom is -0.380 e. The number of sulfonamides is 2. The van der Waals surface area contributed by atoms with Gasteiger partial charge in [-0.2, -0.15) is 0 Å². The van der Waals surface area contributed by atoms with Gasteiger partial charge in [-0.05, 0) is 42.5 Å². The monoisotopic (exact) mass is 585 g/mol. The summed E-state index contributed by atoms with van der Waals surface area (Å²) in [4.78, 5) is 23.2. The largest absolute Gasteiger partial charge is 0.380 e. The maximum atomic E-state index is 13.5. The fourth-order valence-electron chi connectivity index (χ4n) is 4.03. The number of rotatable bonds is 8. The van der Waals surface area contributed by atoms with E-state index in [2.05, 4.69) is 25.7 Å². The molecule has 1 aliphatic heterocycles. The summed E-state index contributed by atoms with van der Waals surface area (Å²) in [6.45, 7) is -0.439. The number of nitrogens with zero attached hydrogens (tertiary/aromatic N) is 2. The highest BCUT2D eigenvalue weighted by molar-refractivity contribution is 7.89. The Labute approximate surface area is 228 Å². The van der Waals surface area contributed by atoms with Gasteiger partial charge in [0.25, 0.3) is 5.91 Å². The van der Waals surface area contributed by atoms with Gasteiger partial charge in [-0.15, -0.1) is 0 Å². The van der Waals surface area contributed by atoms with Crippen molar-refractivity contribution in [2.24, 2.45) is 5.14 Å². The molecule has 3 heterocycles. The molecule has 1 aliphatic rings. The normalized spacial score (nSPS) is 17.4. The van der Waals surface area contributed by atoms with E-state index in [1.807, 2.05) is 0 Å². The molecule has 1 atom stereocenters. The summed E-state index contributed by atoms with van der Waals surface area (Å²) < 4.78 is 55.0. The lowest BCUT2D eigenvalue weighted by molar-refractivity contribution is -0.137. The highest BCUT2D eigenvalue weighted by Crippen LogP contribution is 2.31. The molecule has 2 aromatic heterocycles. The van der Waals surface area contributed by atoms with Crippen LogP contribution in [0.2, 0.25) is 0 Å². The molecule has 16 heteroatoms. The van der Waals surface area contributed by atoms with Crippen LogP contribution in [-0.2, 0) is 29.7 Å². The molecular weight excluding hydrogens is 562 g/mol. The quantitative estimate of drug-likeness (QED) is 0.196. The van der Waals surface area contributed by atoms with Crippen LogP contribution in [0.15, 0.2) is 76.3 Å². The first kappa shape index (κ1) is 27.2. The molecule has 4 aromatic rings. The standard InChI is InChI=1S/C24H23N7O7S2/c1-39(33,34)28-13-24(11-18(30-38-24)14-6-8-19-17(10-14)22(25)31-37-19)23(32)29-21-9-7-15(12-27-21)16-4-2-3-5-20(16)40(26,35)36/h2-12,28,30H,13H2,1H3,(H2,25,31)(H2,26,35,36)(H,27,29,32). The second-order valence-corrected chi connectivity index (χ2v) is 12.3. The van der Waals surface area contributed by atoms with Gasteiger partial charge in [0, 0.05) is 22.9 Å². The van der Waals surface area contributed by atoms with Gasteiger partial charge in [0.05, 0.1) is 28.8 Å². The number of hydrogen-bond acceptors (Lipinski definition) is 11. The molecule has 0 aliphatic carbocycles. The number of carbonyl (C=O) groups is 1. The fraction of sp³-hybridized carbons (Fsp3) is 0.125. The maximum Gasteiger partial charge on any atom is 0.266 e. The predicted molar refractivity (Wildman–Crippen MR) is 146 cm³/mol. The van der Waals surface area contributed by atoms with Crippen LogP contribution in [0.3, 0.4) is 0 Å². The molecule has 1 amide bonds. The number of hydroxylamine groups is 1. The third-order valence-corrected chi connectivity index (χ3v) is 7.66. The lowest BCUT2D eigenvalue weighted by atomic mass is 10.00. The summed E-state index contributed by atoms with van der Waals surface area (Å²) >= 11 is 0. The highest BCUT2D eigenvalue weighted by Gasteiger charge is 2.44. The zero-order valence-corrected chi connectivity index (χ0v) is 22.4. The topological polar surface area (TPSA) is 222 Å². The van der Waals surface area contributed by atoms with Crippen LogP contribution >= 0.6 is 0 Å². The number of nitrogens with one attached hydrogen (secondary N) is 3. The van der Waals surface area contributed by atoms with Crippen molar-refractivity contribution in [2.45, 2.75) is 10.5 Å². The number of anilines is 2. The molecule has 0 spiro atoms. The second-order valence-electron chi connectivity index (χ2n) is 8.95. The molecule has 2 aromatic carbocycles. The van der Waals surface area contributed by atoms with E-state index in [4.69, 9.17) is 20.2 Å². The second kappa shape index (κ2) is 10.00. The lowest BCUT2D eigenvalue weighted by Crippen LogP contribution is -2.51. The zero-order valence-electron chi connectivity index (χ0n) is 20.8. The molecule has 0 saturated carbocycles. The Morgan fingerprint density at radius 1 is 1.07 bits per heavy atom. The molecule has 14 nitrogen and oxygen atoms in total. The van der Waals surface area contributed by atoms with E-state index in [0.717, 1.165) is 6.26 Å². The van der Waals surface area contributed by atoms with Crippen LogP contribution in [0.1, 0.15) is 5.56 Å². The van der Waals surface area contributed by atoms with Crippen LogP contribution in [-0.4, -0.2) is 51.3 Å². The minimum atomic E-state index is -3.99. The maximum absolute atomic E-state index is 13.5. The number of hydrogen-bond donors (Lipinski definition) is 5. The summed E-state index contributed by atoms with van der Waals surface area (Å²) in [6, 6.07) is 14.2. The first-order chi connectivity index (χ1) is 18.8. The highest BCUT2D eigenvalue weighted by atomic mass is 32.2. The van der Waals surface area contributed by atoms with E-state index in [1.54, 1.807) is 42.5 Å². The predicted octanol–water partition coefficient (Wildman–Crippen LogP) is 0.922. The first-order valence-electron chi connectivity index (χ1n) is 11.5. The van der Waals surface area contributed by atoms with Crippen LogP contribution in [0.25, 0.3) is 27.8 Å². The smallest absolute Gasteiger partial charge is 0.266 e. The van der Waals surface area contributed by atoms with Crippen molar-refractivity contribution in [1.82, 2.24) is 20.3 Å². The molecule has 40 heavy (non-hydrogen) atoms. The van der Waals surface area contributed by atoms with Gasteiger partial charge in [0.15, 0.2) is 11.4 Å². The van der Waals surface area contributed by atoms with Gasteiger partial charge in [0.2, 0.25) is 25.6 Å². The molecule has 7 N–H and O–H groups in total. The number of primary sulfonamides is 1. The van der Waals surface area contributed by atoms with Crippen molar-refractivity contribution in [2.75, 3.05) is 23.9 Å². The number of nitrogen functional groups attached to an aromatic ring is 1. The van der Waals surface area contributed by atoms with Gasteiger partial charge in [-0.1, -0.05) is 23.4 Å². The number of carbonyl (C=O) groups excluding carboxylic acids is 1. The third kappa shape index (κ3) is 5.51. The number of aromatic nitrogens is 2. The van der Waals surface area contributed by atoms with E-state index in [0.29, 0.717) is 33.4 Å². The Morgan fingerprint density at radius 3 is 2.52 bits per heavy atom. The number of nitrogens with two attached hydrogens (primary N) is 2. The molecule has 0 saturated heterocycles. The first-order valence-corrected chi connectivity index (χ1v) is 14.9. The Balaban J connectivity index is 1.44. The fourth-order valence-corrected chi connectivity index (χ4v) is 5.26. The lowest BCUT2D eigenvalue weighted by Gasteiger charge is -2.24.